The van der Waals surface area contributed by atoms with Crippen LogP contribution in [0.1, 0.15) is 0 Å². The summed E-state index contributed by atoms with van der Waals surface area (Å²) in [6.45, 7) is 0. The first-order valence-corrected chi connectivity index (χ1v) is 14.1. The van der Waals surface area contributed by atoms with Crippen molar-refractivity contribution in [2.45, 2.75) is 4.33 Å². The molecule has 4 rings (SSSR count). The summed E-state index contributed by atoms with van der Waals surface area (Å²) in [5.41, 5.74) is 0. The fraction of sp³-hybridized carbons (Fsp3) is 0.111. The fourth-order valence-corrected chi connectivity index (χ4v) is 9.82. The van der Waals surface area contributed by atoms with Crippen LogP contribution in [0.4, 0.5) is 0 Å². The number of alkyl halides is 2. The van der Waals surface area contributed by atoms with Gasteiger partial charge in [-0.2, -0.15) is 0 Å². The molecule has 4 aromatic carbocycles. The van der Waals surface area contributed by atoms with E-state index in [1.165, 1.54) is 21.2 Å². The number of benzene rings is 4. The Balaban J connectivity index is 0.00000289. The summed E-state index contributed by atoms with van der Waals surface area (Å²) in [6, 6.07) is 42.5. The van der Waals surface area contributed by atoms with Crippen LogP contribution in [0.5, 0.6) is 0 Å². The number of hydrogen-bond donors (Lipinski definition) is 0. The van der Waals surface area contributed by atoms with Gasteiger partial charge in [0, 0.05) is 28.8 Å². The molecule has 0 radical (unpaired) electrons. The molecule has 0 N–H and O–H groups in total. The van der Waals surface area contributed by atoms with Crippen molar-refractivity contribution in [2.75, 3.05) is 12.3 Å². The van der Waals surface area contributed by atoms with Crippen LogP contribution in [0, 0.1) is 0 Å². The minimum Gasteiger partial charge on any atom is -0.101 e. The second kappa shape index (κ2) is 12.3. The zero-order valence-electron chi connectivity index (χ0n) is 17.4. The quantitative estimate of drug-likeness (QED) is 0.138. The topological polar surface area (TPSA) is 0 Å². The molecular weight excluding hydrogens is 516 g/mol. The fourth-order valence-electron chi connectivity index (χ4n) is 3.61. The van der Waals surface area contributed by atoms with Gasteiger partial charge in [0.1, 0.15) is 4.33 Å². The number of halogens is 2. The standard InChI is InChI=1S/C27H24Cl2P2.Ni/c28-27(29,21-30(23-13-5-1-6-14-23)24-15-7-2-8-16-24)22-31(25-17-9-3-10-18-25)26-19-11-4-12-20-26;/h1-20H,21-22H2;. The third kappa shape index (κ3) is 6.91. The van der Waals surface area contributed by atoms with Crippen LogP contribution < -0.4 is 21.2 Å². The van der Waals surface area contributed by atoms with Crippen molar-refractivity contribution >= 4 is 60.3 Å². The third-order valence-electron chi connectivity index (χ3n) is 5.05. The van der Waals surface area contributed by atoms with Crippen molar-refractivity contribution in [3.05, 3.63) is 121 Å². The molecule has 0 aliphatic heterocycles. The van der Waals surface area contributed by atoms with Crippen LogP contribution in [-0.4, -0.2) is 16.7 Å². The van der Waals surface area contributed by atoms with E-state index in [4.69, 9.17) is 23.2 Å². The molecule has 0 bridgehead atoms. The van der Waals surface area contributed by atoms with E-state index in [1.54, 1.807) is 0 Å². The molecule has 0 aliphatic carbocycles. The van der Waals surface area contributed by atoms with Crippen LogP contribution in [0.3, 0.4) is 0 Å². The second-order valence-electron chi connectivity index (χ2n) is 7.37. The van der Waals surface area contributed by atoms with Gasteiger partial charge in [-0.25, -0.2) is 0 Å². The van der Waals surface area contributed by atoms with Crippen LogP contribution in [0.15, 0.2) is 121 Å². The Morgan fingerprint density at radius 3 is 0.875 bits per heavy atom. The summed E-state index contributed by atoms with van der Waals surface area (Å²) in [6.07, 6.45) is 1.44. The monoisotopic (exact) mass is 538 g/mol. The maximum absolute atomic E-state index is 7.12. The molecule has 0 nitrogen and oxygen atoms in total. The van der Waals surface area contributed by atoms with Crippen LogP contribution >= 0.6 is 39.0 Å². The maximum atomic E-state index is 7.12. The van der Waals surface area contributed by atoms with Gasteiger partial charge in [-0.1, -0.05) is 121 Å². The van der Waals surface area contributed by atoms with Gasteiger partial charge in [-0.3, -0.25) is 0 Å². The number of rotatable bonds is 8. The molecule has 0 aromatic heterocycles. The molecule has 0 heterocycles. The van der Waals surface area contributed by atoms with Crippen LogP contribution in [0.25, 0.3) is 0 Å². The van der Waals surface area contributed by atoms with E-state index < -0.39 is 20.2 Å². The SMILES string of the molecule is ClC(Cl)(CP(c1ccccc1)c1ccccc1)CP(c1ccccc1)c1ccccc1.[Ni]. The predicted molar refractivity (Wildman–Crippen MR) is 142 cm³/mol. The summed E-state index contributed by atoms with van der Waals surface area (Å²) >= 11 is 14.2. The van der Waals surface area contributed by atoms with Crippen molar-refractivity contribution < 1.29 is 16.5 Å². The molecule has 5 heteroatoms. The first kappa shape index (κ1) is 25.4. The van der Waals surface area contributed by atoms with Crippen molar-refractivity contribution in [1.82, 2.24) is 0 Å². The van der Waals surface area contributed by atoms with Crippen LogP contribution in [-0.2, 0) is 16.5 Å². The predicted octanol–water partition coefficient (Wildman–Crippen LogP) is 6.42. The molecule has 0 amide bonds. The Morgan fingerprint density at radius 2 is 0.656 bits per heavy atom. The molecule has 4 aromatic rings. The Labute approximate surface area is 213 Å². The van der Waals surface area contributed by atoms with Crippen molar-refractivity contribution in [3.63, 3.8) is 0 Å². The molecule has 0 atom stereocenters. The van der Waals surface area contributed by atoms with Crippen molar-refractivity contribution in [3.8, 4) is 0 Å². The van der Waals surface area contributed by atoms with E-state index in [9.17, 15) is 0 Å². The largest absolute Gasteiger partial charge is 0.127 e. The molecule has 0 saturated heterocycles. The molecule has 0 aliphatic rings. The summed E-state index contributed by atoms with van der Waals surface area (Å²) in [5.74, 6) is 0. The van der Waals surface area contributed by atoms with E-state index in [0.717, 1.165) is 12.3 Å². The summed E-state index contributed by atoms with van der Waals surface area (Å²) in [7, 11) is -1.32. The first-order chi connectivity index (χ1) is 15.1. The molecule has 166 valence electrons. The Hall–Kier alpha value is -1.19. The normalized spacial score (nSPS) is 11.4. The van der Waals surface area contributed by atoms with Gasteiger partial charge < -0.3 is 0 Å². The Kier molecular flexibility index (Phi) is 9.80. The van der Waals surface area contributed by atoms with E-state index in [1.807, 2.05) is 0 Å². The summed E-state index contributed by atoms with van der Waals surface area (Å²) in [4.78, 5) is 0. The molecule has 0 fully saturated rings. The average Bonchev–Trinajstić information content (AvgIpc) is 2.83. The molecular formula is C27H24Cl2NiP2. The van der Waals surface area contributed by atoms with Gasteiger partial charge in [-0.05, 0) is 37.1 Å². The van der Waals surface area contributed by atoms with Crippen molar-refractivity contribution in [2.24, 2.45) is 0 Å². The van der Waals surface area contributed by atoms with E-state index in [2.05, 4.69) is 121 Å². The van der Waals surface area contributed by atoms with Gasteiger partial charge in [0.2, 0.25) is 0 Å². The minimum absolute atomic E-state index is 0. The van der Waals surface area contributed by atoms with Gasteiger partial charge in [0.05, 0.1) is 0 Å². The maximum Gasteiger partial charge on any atom is 0.127 e. The smallest absolute Gasteiger partial charge is 0.101 e. The van der Waals surface area contributed by atoms with E-state index in [-0.39, 0.29) is 16.5 Å². The first-order valence-electron chi connectivity index (χ1n) is 10.3. The Morgan fingerprint density at radius 1 is 0.438 bits per heavy atom. The van der Waals surface area contributed by atoms with Crippen LogP contribution in [0.2, 0.25) is 0 Å². The zero-order chi connectivity index (χ0) is 21.5. The van der Waals surface area contributed by atoms with Gasteiger partial charge in [0.15, 0.2) is 0 Å². The summed E-state index contributed by atoms with van der Waals surface area (Å²) in [5, 5.41) is 5.22. The molecule has 32 heavy (non-hydrogen) atoms. The molecule has 0 unspecified atom stereocenters. The Bertz CT molecular complexity index is 896. The van der Waals surface area contributed by atoms with E-state index >= 15 is 0 Å². The third-order valence-corrected chi connectivity index (χ3v) is 11.7. The van der Waals surface area contributed by atoms with Gasteiger partial charge >= 0.3 is 0 Å². The zero-order valence-corrected chi connectivity index (χ0v) is 21.7. The average molecular weight is 540 g/mol. The van der Waals surface area contributed by atoms with E-state index in [0.29, 0.717) is 0 Å². The van der Waals surface area contributed by atoms with Crippen molar-refractivity contribution in [1.29, 1.82) is 0 Å². The van der Waals surface area contributed by atoms with Gasteiger partial charge in [0.25, 0.3) is 0 Å². The summed E-state index contributed by atoms with van der Waals surface area (Å²) < 4.78 is -0.839. The second-order valence-corrected chi connectivity index (χ2v) is 13.4. The molecule has 0 saturated carbocycles. The van der Waals surface area contributed by atoms with Gasteiger partial charge in [-0.15, -0.1) is 23.2 Å². The minimum atomic E-state index is -0.839. The number of hydrogen-bond acceptors (Lipinski definition) is 0. The molecule has 0 spiro atoms.